The van der Waals surface area contributed by atoms with E-state index in [1.165, 1.54) is 18.4 Å². The van der Waals surface area contributed by atoms with E-state index in [4.69, 9.17) is 4.74 Å². The normalized spacial score (nSPS) is 15.2. The summed E-state index contributed by atoms with van der Waals surface area (Å²) >= 11 is 0. The minimum Gasteiger partial charge on any atom is -0.497 e. The van der Waals surface area contributed by atoms with Crippen LogP contribution >= 0.6 is 0 Å². The molecule has 1 atom stereocenters. The first-order valence-electron chi connectivity index (χ1n) is 10.0. The third-order valence-electron chi connectivity index (χ3n) is 5.48. The van der Waals surface area contributed by atoms with E-state index in [1.807, 2.05) is 42.5 Å². The van der Waals surface area contributed by atoms with Gasteiger partial charge in [-0.25, -0.2) is 0 Å². The van der Waals surface area contributed by atoms with Gasteiger partial charge >= 0.3 is 0 Å². The van der Waals surface area contributed by atoms with Crippen molar-refractivity contribution in [2.45, 2.75) is 18.9 Å². The summed E-state index contributed by atoms with van der Waals surface area (Å²) in [5.41, 5.74) is 3.43. The van der Waals surface area contributed by atoms with E-state index in [2.05, 4.69) is 32.5 Å². The van der Waals surface area contributed by atoms with Crippen LogP contribution in [0.15, 0.2) is 60.8 Å². The van der Waals surface area contributed by atoms with Crippen molar-refractivity contribution in [3.63, 3.8) is 0 Å². The Morgan fingerprint density at radius 1 is 1.14 bits per heavy atom. The first-order valence-corrected chi connectivity index (χ1v) is 10.0. The van der Waals surface area contributed by atoms with E-state index in [0.29, 0.717) is 12.1 Å². The van der Waals surface area contributed by atoms with Crippen molar-refractivity contribution >= 4 is 5.91 Å². The number of benzene rings is 2. The number of aromatic nitrogens is 2. The van der Waals surface area contributed by atoms with E-state index in [0.717, 1.165) is 30.1 Å². The van der Waals surface area contributed by atoms with E-state index in [9.17, 15) is 4.79 Å². The lowest BCUT2D eigenvalue weighted by atomic mass is 10.0. The largest absolute Gasteiger partial charge is 0.497 e. The number of methoxy groups -OCH3 is 1. The van der Waals surface area contributed by atoms with Gasteiger partial charge in [-0.1, -0.05) is 42.5 Å². The van der Waals surface area contributed by atoms with Gasteiger partial charge in [0.25, 0.3) is 5.91 Å². The molecule has 1 amide bonds. The Morgan fingerprint density at radius 3 is 2.55 bits per heavy atom. The predicted molar refractivity (Wildman–Crippen MR) is 113 cm³/mol. The second kappa shape index (κ2) is 8.92. The van der Waals surface area contributed by atoms with Gasteiger partial charge in [-0.05, 0) is 43.6 Å². The maximum absolute atomic E-state index is 12.9. The van der Waals surface area contributed by atoms with Crippen molar-refractivity contribution in [1.29, 1.82) is 0 Å². The molecule has 2 N–H and O–H groups in total. The summed E-state index contributed by atoms with van der Waals surface area (Å²) in [4.78, 5) is 15.4. The maximum atomic E-state index is 12.9. The molecule has 2 aromatic carbocycles. The molecule has 1 saturated heterocycles. The molecular formula is C23H26N4O2. The molecule has 0 radical (unpaired) electrons. The Hall–Kier alpha value is -3.12. The molecular weight excluding hydrogens is 364 g/mol. The number of aromatic amines is 1. The third kappa shape index (κ3) is 4.32. The molecule has 1 aliphatic rings. The minimum absolute atomic E-state index is 0.115. The van der Waals surface area contributed by atoms with Gasteiger partial charge in [0.05, 0.1) is 30.6 Å². The Labute approximate surface area is 170 Å². The molecule has 3 aromatic rings. The number of carbonyl (C=O) groups excluding carboxylic acids is 1. The topological polar surface area (TPSA) is 70.2 Å². The van der Waals surface area contributed by atoms with Gasteiger partial charge in [0.1, 0.15) is 5.75 Å². The highest BCUT2D eigenvalue weighted by atomic mass is 16.5. The van der Waals surface area contributed by atoms with Crippen LogP contribution in [0.25, 0.3) is 11.3 Å². The highest BCUT2D eigenvalue weighted by Crippen LogP contribution is 2.27. The van der Waals surface area contributed by atoms with Crippen molar-refractivity contribution in [2.24, 2.45) is 0 Å². The van der Waals surface area contributed by atoms with Crippen LogP contribution in [0.1, 0.15) is 34.8 Å². The van der Waals surface area contributed by atoms with E-state index >= 15 is 0 Å². The van der Waals surface area contributed by atoms with E-state index in [-0.39, 0.29) is 11.9 Å². The minimum atomic E-state index is -0.115. The molecule has 6 heteroatoms. The second-order valence-electron chi connectivity index (χ2n) is 7.27. The van der Waals surface area contributed by atoms with E-state index < -0.39 is 0 Å². The summed E-state index contributed by atoms with van der Waals surface area (Å²) in [7, 11) is 1.67. The van der Waals surface area contributed by atoms with Crippen LogP contribution in [-0.2, 0) is 0 Å². The Morgan fingerprint density at radius 2 is 1.86 bits per heavy atom. The average Bonchev–Trinajstić information content (AvgIpc) is 3.47. The summed E-state index contributed by atoms with van der Waals surface area (Å²) in [6.45, 7) is 2.64. The van der Waals surface area contributed by atoms with Crippen LogP contribution in [0, 0.1) is 0 Å². The van der Waals surface area contributed by atoms with Crippen LogP contribution in [-0.4, -0.2) is 47.7 Å². The number of likely N-dealkylation sites (tertiary alicyclic amines) is 1. The van der Waals surface area contributed by atoms with Crippen LogP contribution in [0.5, 0.6) is 5.75 Å². The summed E-state index contributed by atoms with van der Waals surface area (Å²) in [6.07, 6.45) is 3.98. The molecule has 0 spiro atoms. The fraction of sp³-hybridized carbons (Fsp3) is 0.304. The average molecular weight is 390 g/mol. The zero-order valence-electron chi connectivity index (χ0n) is 16.6. The highest BCUT2D eigenvalue weighted by molar-refractivity contribution is 5.99. The number of carbonyl (C=O) groups is 1. The number of nitrogens with zero attached hydrogens (tertiary/aromatic N) is 2. The lowest BCUT2D eigenvalue weighted by Gasteiger charge is -2.28. The lowest BCUT2D eigenvalue weighted by Crippen LogP contribution is -2.36. The third-order valence-corrected chi connectivity index (χ3v) is 5.48. The monoisotopic (exact) mass is 390 g/mol. The molecule has 4 rings (SSSR count). The number of ether oxygens (including phenoxy) is 1. The quantitative estimate of drug-likeness (QED) is 0.646. The molecule has 29 heavy (non-hydrogen) atoms. The standard InChI is InChI=1S/C23H26N4O2/c1-29-19-11-9-17(10-12-19)21(27-13-5-6-14-27)16-24-23(28)20-15-25-26-22(20)18-7-3-2-4-8-18/h2-4,7-12,15,21H,5-6,13-14,16H2,1H3,(H,24,28)(H,25,26). The molecule has 2 heterocycles. The number of hydrogen-bond acceptors (Lipinski definition) is 4. The van der Waals surface area contributed by atoms with Crippen molar-refractivity contribution in [1.82, 2.24) is 20.4 Å². The van der Waals surface area contributed by atoms with Crippen LogP contribution in [0.2, 0.25) is 0 Å². The predicted octanol–water partition coefficient (Wildman–Crippen LogP) is 3.65. The number of amides is 1. The van der Waals surface area contributed by atoms with Crippen LogP contribution < -0.4 is 10.1 Å². The van der Waals surface area contributed by atoms with Crippen LogP contribution in [0.4, 0.5) is 0 Å². The van der Waals surface area contributed by atoms with Crippen LogP contribution in [0.3, 0.4) is 0 Å². The van der Waals surface area contributed by atoms with Gasteiger partial charge in [0.2, 0.25) is 0 Å². The smallest absolute Gasteiger partial charge is 0.255 e. The number of hydrogen-bond donors (Lipinski definition) is 2. The van der Waals surface area contributed by atoms with Crippen molar-refractivity contribution in [3.05, 3.63) is 71.9 Å². The Bertz CT molecular complexity index is 931. The molecule has 0 bridgehead atoms. The van der Waals surface area contributed by atoms with Crippen molar-refractivity contribution < 1.29 is 9.53 Å². The summed E-state index contributed by atoms with van der Waals surface area (Å²) < 4.78 is 5.28. The van der Waals surface area contributed by atoms with Gasteiger partial charge in [-0.2, -0.15) is 5.10 Å². The molecule has 1 fully saturated rings. The van der Waals surface area contributed by atoms with Gasteiger partial charge in [0, 0.05) is 12.1 Å². The first kappa shape index (κ1) is 19.2. The number of nitrogens with one attached hydrogen (secondary N) is 2. The summed E-state index contributed by atoms with van der Waals surface area (Å²) in [5, 5.41) is 10.2. The molecule has 1 aromatic heterocycles. The fourth-order valence-electron chi connectivity index (χ4n) is 3.90. The molecule has 1 unspecified atom stereocenters. The Balaban J connectivity index is 1.50. The zero-order chi connectivity index (χ0) is 20.1. The number of H-pyrrole nitrogens is 1. The van der Waals surface area contributed by atoms with E-state index in [1.54, 1.807) is 13.3 Å². The zero-order valence-corrected chi connectivity index (χ0v) is 16.6. The summed E-state index contributed by atoms with van der Waals surface area (Å²) in [5.74, 6) is 0.721. The van der Waals surface area contributed by atoms with Crippen molar-refractivity contribution in [2.75, 3.05) is 26.7 Å². The number of rotatable bonds is 7. The highest BCUT2D eigenvalue weighted by Gasteiger charge is 2.25. The SMILES string of the molecule is COc1ccc(C(CNC(=O)c2cn[nH]c2-c2ccccc2)N2CCCC2)cc1. The lowest BCUT2D eigenvalue weighted by molar-refractivity contribution is 0.0938. The fourth-order valence-corrected chi connectivity index (χ4v) is 3.90. The van der Waals surface area contributed by atoms with Gasteiger partial charge in [-0.3, -0.25) is 14.8 Å². The van der Waals surface area contributed by atoms with Gasteiger partial charge in [-0.15, -0.1) is 0 Å². The maximum Gasteiger partial charge on any atom is 0.255 e. The summed E-state index contributed by atoms with van der Waals surface area (Å²) in [6, 6.07) is 18.0. The first-order chi connectivity index (χ1) is 14.3. The van der Waals surface area contributed by atoms with Gasteiger partial charge < -0.3 is 10.1 Å². The molecule has 1 aliphatic heterocycles. The molecule has 150 valence electrons. The Kier molecular flexibility index (Phi) is 5.91. The van der Waals surface area contributed by atoms with Gasteiger partial charge in [0.15, 0.2) is 0 Å². The molecule has 0 saturated carbocycles. The second-order valence-corrected chi connectivity index (χ2v) is 7.27. The molecule has 0 aliphatic carbocycles. The van der Waals surface area contributed by atoms with Crippen molar-refractivity contribution in [3.8, 4) is 17.0 Å². The molecule has 6 nitrogen and oxygen atoms in total.